The summed E-state index contributed by atoms with van der Waals surface area (Å²) < 4.78 is 0. The molecule has 0 spiro atoms. The van der Waals surface area contributed by atoms with Crippen LogP contribution in [0.4, 0.5) is 0 Å². The Morgan fingerprint density at radius 3 is 2.30 bits per heavy atom. The van der Waals surface area contributed by atoms with E-state index >= 15 is 0 Å². The molecule has 4 heteroatoms. The second-order valence-electron chi connectivity index (χ2n) is 5.45. The summed E-state index contributed by atoms with van der Waals surface area (Å²) in [7, 11) is 0. The van der Waals surface area contributed by atoms with Crippen LogP contribution in [0, 0.1) is 0 Å². The molecular weight excluding hydrogens is 254 g/mol. The first-order chi connectivity index (χ1) is 9.47. The summed E-state index contributed by atoms with van der Waals surface area (Å²) in [6.07, 6.45) is 1.54. The van der Waals surface area contributed by atoms with Crippen LogP contribution in [0.1, 0.15) is 36.8 Å². The molecule has 0 N–H and O–H groups in total. The molecule has 0 amide bonds. The van der Waals surface area contributed by atoms with Gasteiger partial charge in [0.1, 0.15) is 0 Å². The van der Waals surface area contributed by atoms with E-state index in [1.165, 1.54) is 0 Å². The van der Waals surface area contributed by atoms with Crippen LogP contribution >= 0.6 is 0 Å². The summed E-state index contributed by atoms with van der Waals surface area (Å²) in [5.74, 6) is -0.146. The number of benzene rings is 1. The van der Waals surface area contributed by atoms with Gasteiger partial charge in [-0.25, -0.2) is 9.68 Å². The third-order valence-corrected chi connectivity index (χ3v) is 2.73. The van der Waals surface area contributed by atoms with Crippen LogP contribution in [0.3, 0.4) is 0 Å². The van der Waals surface area contributed by atoms with Crippen LogP contribution in [0.2, 0.25) is 0 Å². The maximum Gasteiger partial charge on any atom is 0.386 e. The number of hydrogen-bond acceptors (Lipinski definition) is 4. The first-order valence-corrected chi connectivity index (χ1v) is 6.37. The highest BCUT2D eigenvalue weighted by Crippen LogP contribution is 2.21. The van der Waals surface area contributed by atoms with Gasteiger partial charge in [0, 0.05) is 11.1 Å². The van der Waals surface area contributed by atoms with Gasteiger partial charge in [-0.1, -0.05) is 39.0 Å². The quantitative estimate of drug-likeness (QED) is 0.633. The smallest absolute Gasteiger partial charge is 0.285 e. The van der Waals surface area contributed by atoms with Gasteiger partial charge in [-0.2, -0.15) is 0 Å². The molecule has 20 heavy (non-hydrogen) atoms. The Hall–Kier alpha value is -2.36. The molecule has 0 fully saturated rings. The Balaban J connectivity index is 1.96. The Morgan fingerprint density at radius 2 is 1.75 bits per heavy atom. The van der Waals surface area contributed by atoms with E-state index in [9.17, 15) is 4.79 Å². The van der Waals surface area contributed by atoms with Crippen molar-refractivity contribution >= 4 is 5.97 Å². The van der Waals surface area contributed by atoms with Gasteiger partial charge in [0.2, 0.25) is 0 Å². The van der Waals surface area contributed by atoms with Crippen LogP contribution in [-0.4, -0.2) is 11.0 Å². The summed E-state index contributed by atoms with van der Waals surface area (Å²) in [5, 5.41) is 0. The third-order valence-electron chi connectivity index (χ3n) is 2.73. The second kappa shape index (κ2) is 5.74. The fourth-order valence-electron chi connectivity index (χ4n) is 1.58. The lowest BCUT2D eigenvalue weighted by atomic mass is 9.92. The van der Waals surface area contributed by atoms with Gasteiger partial charge in [-0.15, -0.1) is 0 Å². The predicted molar refractivity (Wildman–Crippen MR) is 75.4 cm³/mol. The average molecular weight is 271 g/mol. The van der Waals surface area contributed by atoms with E-state index in [2.05, 4.69) is 25.8 Å². The molecule has 0 aliphatic heterocycles. The summed E-state index contributed by atoms with van der Waals surface area (Å²) in [6.45, 7) is 6.22. The minimum Gasteiger partial charge on any atom is -0.285 e. The van der Waals surface area contributed by atoms with E-state index < -0.39 is 5.97 Å². The zero-order valence-corrected chi connectivity index (χ0v) is 11.8. The minimum absolute atomic E-state index is 0.0285. The maximum atomic E-state index is 11.7. The van der Waals surface area contributed by atoms with E-state index in [1.807, 2.05) is 12.1 Å². The molecule has 1 heterocycles. The molecule has 0 radical (unpaired) electrons. The van der Waals surface area contributed by atoms with Gasteiger partial charge < -0.3 is 0 Å². The molecule has 2 rings (SSSR count). The van der Waals surface area contributed by atoms with E-state index in [4.69, 9.17) is 9.78 Å². The van der Waals surface area contributed by atoms with Gasteiger partial charge in [-0.05, 0) is 24.3 Å². The van der Waals surface area contributed by atoms with E-state index in [1.54, 1.807) is 36.5 Å². The molecular formula is C16H17NO3. The van der Waals surface area contributed by atoms with Crippen LogP contribution in [0.15, 0.2) is 48.7 Å². The Labute approximate surface area is 118 Å². The average Bonchev–Trinajstić information content (AvgIpc) is 2.45. The van der Waals surface area contributed by atoms with Crippen molar-refractivity contribution in [3.8, 4) is 5.75 Å². The lowest BCUT2D eigenvalue weighted by Crippen LogP contribution is -2.13. The molecule has 0 unspecified atom stereocenters. The predicted octanol–water partition coefficient (Wildman–Crippen LogP) is 3.53. The lowest BCUT2D eigenvalue weighted by molar-refractivity contribution is -0.149. The number of hydrogen-bond donors (Lipinski definition) is 0. The molecule has 104 valence electrons. The molecule has 4 nitrogen and oxygen atoms in total. The molecule has 0 aliphatic carbocycles. The van der Waals surface area contributed by atoms with Crippen molar-refractivity contribution in [2.75, 3.05) is 0 Å². The number of aromatic nitrogens is 1. The number of pyridine rings is 1. The molecule has 1 aromatic carbocycles. The Bertz CT molecular complexity index is 571. The number of nitrogens with zero attached hydrogens (tertiary/aromatic N) is 1. The van der Waals surface area contributed by atoms with Crippen LogP contribution in [0.25, 0.3) is 0 Å². The van der Waals surface area contributed by atoms with E-state index in [0.29, 0.717) is 11.3 Å². The summed E-state index contributed by atoms with van der Waals surface area (Å²) in [5.41, 5.74) is 1.35. The molecule has 0 saturated heterocycles. The van der Waals surface area contributed by atoms with Crippen molar-refractivity contribution in [3.05, 3.63) is 59.9 Å². The normalized spacial score (nSPS) is 10.9. The molecule has 0 aliphatic rings. The zero-order chi connectivity index (χ0) is 14.6. The fourth-order valence-corrected chi connectivity index (χ4v) is 1.58. The first-order valence-electron chi connectivity index (χ1n) is 6.37. The SMILES string of the molecule is CC(C)(C)c1ccc(OOC(=O)c2ccccc2)cn1. The van der Waals surface area contributed by atoms with Gasteiger partial charge in [0.05, 0.1) is 11.8 Å². The summed E-state index contributed by atoms with van der Waals surface area (Å²) >= 11 is 0. The van der Waals surface area contributed by atoms with E-state index in [0.717, 1.165) is 5.69 Å². The standard InChI is InChI=1S/C16H17NO3/c1-16(2,3)14-10-9-13(11-17-14)19-20-15(18)12-7-5-4-6-8-12/h4-11H,1-3H3. The van der Waals surface area contributed by atoms with Crippen molar-refractivity contribution in [1.82, 2.24) is 4.98 Å². The highest BCUT2D eigenvalue weighted by atomic mass is 17.2. The first kappa shape index (κ1) is 14.1. The second-order valence-corrected chi connectivity index (χ2v) is 5.45. The monoisotopic (exact) mass is 271 g/mol. The zero-order valence-electron chi connectivity index (χ0n) is 11.8. The molecule has 2 aromatic rings. The van der Waals surface area contributed by atoms with Crippen LogP contribution in [0.5, 0.6) is 5.75 Å². The Kier molecular flexibility index (Phi) is 4.03. The highest BCUT2D eigenvalue weighted by Gasteiger charge is 2.15. The molecule has 1 aromatic heterocycles. The van der Waals surface area contributed by atoms with Gasteiger partial charge in [-0.3, -0.25) is 9.87 Å². The van der Waals surface area contributed by atoms with Crippen molar-refractivity contribution < 1.29 is 14.6 Å². The molecule has 0 bridgehead atoms. The largest absolute Gasteiger partial charge is 0.386 e. The van der Waals surface area contributed by atoms with Crippen LogP contribution < -0.4 is 4.89 Å². The maximum absolute atomic E-state index is 11.7. The fraction of sp³-hybridized carbons (Fsp3) is 0.250. The van der Waals surface area contributed by atoms with Crippen LogP contribution in [-0.2, 0) is 10.3 Å². The van der Waals surface area contributed by atoms with Crippen molar-refractivity contribution in [1.29, 1.82) is 0 Å². The topological polar surface area (TPSA) is 48.4 Å². The third kappa shape index (κ3) is 3.57. The number of carbonyl (C=O) groups is 1. The molecule has 0 atom stereocenters. The minimum atomic E-state index is -0.537. The number of rotatable bonds is 3. The van der Waals surface area contributed by atoms with Crippen molar-refractivity contribution in [2.45, 2.75) is 26.2 Å². The van der Waals surface area contributed by atoms with Gasteiger partial charge >= 0.3 is 5.97 Å². The van der Waals surface area contributed by atoms with Gasteiger partial charge in [0.15, 0.2) is 5.75 Å². The number of carbonyl (C=O) groups excluding carboxylic acids is 1. The van der Waals surface area contributed by atoms with E-state index in [-0.39, 0.29) is 5.41 Å². The molecule has 0 saturated carbocycles. The van der Waals surface area contributed by atoms with Gasteiger partial charge in [0.25, 0.3) is 0 Å². The Morgan fingerprint density at radius 1 is 1.05 bits per heavy atom. The highest BCUT2D eigenvalue weighted by molar-refractivity contribution is 5.88. The van der Waals surface area contributed by atoms with Crippen molar-refractivity contribution in [3.63, 3.8) is 0 Å². The van der Waals surface area contributed by atoms with Crippen molar-refractivity contribution in [2.24, 2.45) is 0 Å². The lowest BCUT2D eigenvalue weighted by Gasteiger charge is -2.17. The summed E-state index contributed by atoms with van der Waals surface area (Å²) in [6, 6.07) is 12.2. The summed E-state index contributed by atoms with van der Waals surface area (Å²) in [4.78, 5) is 25.7.